The summed E-state index contributed by atoms with van der Waals surface area (Å²) >= 11 is 11.8. The van der Waals surface area contributed by atoms with Crippen molar-refractivity contribution in [2.75, 3.05) is 5.32 Å². The quantitative estimate of drug-likeness (QED) is 0.400. The van der Waals surface area contributed by atoms with Crippen molar-refractivity contribution >= 4 is 34.8 Å². The van der Waals surface area contributed by atoms with Crippen LogP contribution in [0.5, 0.6) is 0 Å². The molecule has 2 aromatic heterocycles. The fourth-order valence-corrected chi connectivity index (χ4v) is 3.11. The summed E-state index contributed by atoms with van der Waals surface area (Å²) < 4.78 is 45.7. The molecule has 0 unspecified atom stereocenters. The molecule has 1 amide bonds. The normalized spacial score (nSPS) is 11.5. The van der Waals surface area contributed by atoms with E-state index in [-0.39, 0.29) is 22.3 Å². The number of amides is 1. The number of aromatic amines is 1. The molecule has 0 aliphatic carbocycles. The van der Waals surface area contributed by atoms with Crippen LogP contribution in [-0.4, -0.2) is 26.5 Å². The summed E-state index contributed by atoms with van der Waals surface area (Å²) in [6.07, 6.45) is -4.90. The third-order valence-electron chi connectivity index (χ3n) is 4.18. The fourth-order valence-electron chi connectivity index (χ4n) is 2.81. The average Bonchev–Trinajstić information content (AvgIpc) is 3.39. The number of nitrogens with zero attached hydrogens (tertiary/aromatic N) is 3. The molecular formula is C19H10Cl2F3N5O2. The van der Waals surface area contributed by atoms with Crippen molar-refractivity contribution in [3.05, 3.63) is 69.9 Å². The van der Waals surface area contributed by atoms with Crippen LogP contribution in [0.3, 0.4) is 0 Å². The van der Waals surface area contributed by atoms with E-state index in [1.165, 1.54) is 42.5 Å². The van der Waals surface area contributed by atoms with E-state index in [0.29, 0.717) is 16.1 Å². The topological polar surface area (TPSA) is 96.7 Å². The smallest absolute Gasteiger partial charge is 0.450 e. The number of benzene rings is 2. The van der Waals surface area contributed by atoms with Crippen molar-refractivity contribution < 1.29 is 22.4 Å². The number of hydrogen-bond donors (Lipinski definition) is 2. The van der Waals surface area contributed by atoms with Gasteiger partial charge in [-0.25, -0.2) is 0 Å². The zero-order valence-electron chi connectivity index (χ0n) is 15.2. The van der Waals surface area contributed by atoms with Gasteiger partial charge in [0, 0.05) is 21.2 Å². The maximum atomic E-state index is 13.6. The Labute approximate surface area is 182 Å². The first-order valence-electron chi connectivity index (χ1n) is 8.54. The highest BCUT2D eigenvalue weighted by molar-refractivity contribution is 6.31. The van der Waals surface area contributed by atoms with Gasteiger partial charge < -0.3 is 9.73 Å². The largest absolute Gasteiger partial charge is 0.451 e. The van der Waals surface area contributed by atoms with Gasteiger partial charge in [0.1, 0.15) is 5.76 Å². The van der Waals surface area contributed by atoms with Gasteiger partial charge in [-0.05, 0) is 53.7 Å². The van der Waals surface area contributed by atoms with Crippen LogP contribution in [0.2, 0.25) is 10.0 Å². The van der Waals surface area contributed by atoms with Gasteiger partial charge in [0.2, 0.25) is 11.6 Å². The minimum absolute atomic E-state index is 0.0984. The number of hydrogen-bond acceptors (Lipinski definition) is 5. The second-order valence-electron chi connectivity index (χ2n) is 6.24. The second kappa shape index (κ2) is 8.05. The second-order valence-corrected chi connectivity index (χ2v) is 7.11. The lowest BCUT2D eigenvalue weighted by Gasteiger charge is -2.10. The summed E-state index contributed by atoms with van der Waals surface area (Å²) in [5.41, 5.74) is 0.0309. The SMILES string of the molecule is O=C(Nc1cc(Cl)ccc1-c1nn[nH]n1)c1cc(-c2ccc(Cl)cc2)oc1C(F)(F)F. The van der Waals surface area contributed by atoms with Crippen molar-refractivity contribution in [2.24, 2.45) is 0 Å². The summed E-state index contributed by atoms with van der Waals surface area (Å²) in [5.74, 6) is -2.50. The van der Waals surface area contributed by atoms with Crippen molar-refractivity contribution in [3.8, 4) is 22.7 Å². The highest BCUT2D eigenvalue weighted by Crippen LogP contribution is 2.38. The highest BCUT2D eigenvalue weighted by Gasteiger charge is 2.40. The molecule has 4 aromatic rings. The van der Waals surface area contributed by atoms with E-state index in [9.17, 15) is 18.0 Å². The van der Waals surface area contributed by atoms with Crippen molar-refractivity contribution in [1.29, 1.82) is 0 Å². The maximum Gasteiger partial charge on any atom is 0.450 e. The number of rotatable bonds is 4. The van der Waals surface area contributed by atoms with E-state index in [2.05, 4.69) is 25.9 Å². The predicted molar refractivity (Wildman–Crippen MR) is 107 cm³/mol. The maximum absolute atomic E-state index is 13.6. The molecule has 0 atom stereocenters. The van der Waals surface area contributed by atoms with Crippen LogP contribution in [-0.2, 0) is 6.18 Å². The van der Waals surface area contributed by atoms with Gasteiger partial charge >= 0.3 is 6.18 Å². The van der Waals surface area contributed by atoms with Gasteiger partial charge in [-0.15, -0.1) is 10.2 Å². The monoisotopic (exact) mass is 467 g/mol. The number of H-pyrrole nitrogens is 1. The Morgan fingerprint density at radius 1 is 1.03 bits per heavy atom. The molecule has 0 saturated heterocycles. The fraction of sp³-hybridized carbons (Fsp3) is 0.0526. The number of carbonyl (C=O) groups excluding carboxylic acids is 1. The third kappa shape index (κ3) is 4.39. The Morgan fingerprint density at radius 2 is 1.74 bits per heavy atom. The Morgan fingerprint density at radius 3 is 2.39 bits per heavy atom. The Bertz CT molecular complexity index is 1240. The molecule has 0 fully saturated rings. The van der Waals surface area contributed by atoms with Gasteiger partial charge in [-0.3, -0.25) is 4.79 Å². The van der Waals surface area contributed by atoms with E-state index in [1.807, 2.05) is 0 Å². The molecule has 2 N–H and O–H groups in total. The van der Waals surface area contributed by atoms with E-state index < -0.39 is 23.4 Å². The van der Waals surface area contributed by atoms with Crippen molar-refractivity contribution in [1.82, 2.24) is 20.6 Å². The Hall–Kier alpha value is -3.37. The van der Waals surface area contributed by atoms with Gasteiger partial charge in [-0.1, -0.05) is 23.2 Å². The molecule has 0 bridgehead atoms. The van der Waals surface area contributed by atoms with Crippen LogP contribution in [0, 0.1) is 0 Å². The summed E-state index contributed by atoms with van der Waals surface area (Å²) in [6.45, 7) is 0. The van der Waals surface area contributed by atoms with Crippen LogP contribution in [0.15, 0.2) is 52.9 Å². The Kier molecular flexibility index (Phi) is 5.42. The lowest BCUT2D eigenvalue weighted by atomic mass is 10.1. The molecule has 31 heavy (non-hydrogen) atoms. The molecule has 12 heteroatoms. The minimum Gasteiger partial charge on any atom is -0.451 e. The van der Waals surface area contributed by atoms with Gasteiger partial charge in [0.05, 0.1) is 11.3 Å². The van der Waals surface area contributed by atoms with Gasteiger partial charge in [0.15, 0.2) is 0 Å². The van der Waals surface area contributed by atoms with Gasteiger partial charge in [0.25, 0.3) is 5.91 Å². The number of anilines is 1. The zero-order chi connectivity index (χ0) is 22.2. The van der Waals surface area contributed by atoms with E-state index in [4.69, 9.17) is 27.6 Å². The summed E-state index contributed by atoms with van der Waals surface area (Å²) in [5, 5.41) is 16.4. The molecule has 0 aliphatic rings. The molecule has 0 radical (unpaired) electrons. The summed E-state index contributed by atoms with van der Waals surface area (Å²) in [4.78, 5) is 12.8. The summed E-state index contributed by atoms with van der Waals surface area (Å²) in [6, 6.07) is 11.3. The number of aromatic nitrogens is 4. The molecule has 0 spiro atoms. The van der Waals surface area contributed by atoms with Crippen molar-refractivity contribution in [2.45, 2.75) is 6.18 Å². The molecule has 2 heterocycles. The predicted octanol–water partition coefficient (Wildman–Crippen LogP) is 5.70. The first-order chi connectivity index (χ1) is 14.7. The van der Waals surface area contributed by atoms with Crippen LogP contribution in [0.4, 0.5) is 18.9 Å². The lowest BCUT2D eigenvalue weighted by molar-refractivity contribution is -0.153. The molecule has 4 rings (SSSR count). The van der Waals surface area contributed by atoms with E-state index >= 15 is 0 Å². The lowest BCUT2D eigenvalue weighted by Crippen LogP contribution is -2.17. The molecule has 0 aliphatic heterocycles. The molecule has 2 aromatic carbocycles. The number of furan rings is 1. The van der Waals surface area contributed by atoms with Gasteiger partial charge in [-0.2, -0.15) is 18.4 Å². The average molecular weight is 468 g/mol. The van der Waals surface area contributed by atoms with Crippen LogP contribution in [0.25, 0.3) is 22.7 Å². The summed E-state index contributed by atoms with van der Waals surface area (Å²) in [7, 11) is 0. The standard InChI is InChI=1S/C19H10Cl2F3N5O2/c20-10-3-1-9(2-4-10)15-8-13(16(31-15)19(22,23)24)18(30)25-14-7-11(21)5-6-12(14)17-26-28-29-27-17/h1-8H,(H,25,30)(H,26,27,28,29). The third-order valence-corrected chi connectivity index (χ3v) is 4.67. The number of carbonyl (C=O) groups is 1. The first-order valence-corrected chi connectivity index (χ1v) is 9.29. The number of alkyl halides is 3. The van der Waals surface area contributed by atoms with Crippen LogP contribution >= 0.6 is 23.2 Å². The highest BCUT2D eigenvalue weighted by atomic mass is 35.5. The molecule has 7 nitrogen and oxygen atoms in total. The Balaban J connectivity index is 1.74. The number of halogens is 5. The van der Waals surface area contributed by atoms with Crippen LogP contribution in [0.1, 0.15) is 16.1 Å². The molecule has 0 saturated carbocycles. The number of nitrogens with one attached hydrogen (secondary N) is 2. The molecule has 158 valence electrons. The minimum atomic E-state index is -4.90. The number of tetrazole rings is 1. The van der Waals surface area contributed by atoms with Crippen LogP contribution < -0.4 is 5.32 Å². The zero-order valence-corrected chi connectivity index (χ0v) is 16.7. The van der Waals surface area contributed by atoms with E-state index in [0.717, 1.165) is 6.07 Å². The van der Waals surface area contributed by atoms with Crippen molar-refractivity contribution in [3.63, 3.8) is 0 Å². The first kappa shape index (κ1) is 20.9. The van der Waals surface area contributed by atoms with E-state index in [1.54, 1.807) is 0 Å². The molecular weight excluding hydrogens is 458 g/mol.